The molecule has 0 spiro atoms. The summed E-state index contributed by atoms with van der Waals surface area (Å²) in [4.78, 5) is 0. The number of rotatable bonds is 3. The van der Waals surface area contributed by atoms with Crippen LogP contribution in [0.1, 0.15) is 29.9 Å². The summed E-state index contributed by atoms with van der Waals surface area (Å²) in [6, 6.07) is 16.1. The summed E-state index contributed by atoms with van der Waals surface area (Å²) in [6.07, 6.45) is 2.73. The van der Waals surface area contributed by atoms with Gasteiger partial charge in [-0.1, -0.05) is 29.8 Å². The van der Waals surface area contributed by atoms with Crippen molar-refractivity contribution in [3.8, 4) is 11.5 Å². The third kappa shape index (κ3) is 4.49. The fourth-order valence-electron chi connectivity index (χ4n) is 1.89. The fraction of sp³-hybridized carbons (Fsp3) is 0.294. The molecule has 0 N–H and O–H groups in total. The zero-order valence-corrected chi connectivity index (χ0v) is 12.8. The topological polar surface area (TPSA) is 18.5 Å². The Labute approximate surface area is 126 Å². The maximum Gasteiger partial charge on any atom is 0.137 e. The second-order valence-corrected chi connectivity index (χ2v) is 5.13. The molecule has 1 aliphatic carbocycles. The van der Waals surface area contributed by atoms with Crippen LogP contribution in [-0.4, -0.2) is 7.11 Å². The van der Waals surface area contributed by atoms with E-state index in [4.69, 9.17) is 4.74 Å². The highest BCUT2D eigenvalue weighted by molar-refractivity contribution is 7.75. The highest BCUT2D eigenvalue weighted by Gasteiger charge is 2.22. The largest absolute Gasteiger partial charge is 0.497 e. The number of thiol groups is 1. The van der Waals surface area contributed by atoms with E-state index in [1.807, 2.05) is 43.3 Å². The molecule has 2 aromatic carbocycles. The summed E-state index contributed by atoms with van der Waals surface area (Å²) in [5.74, 6) is 2.58. The van der Waals surface area contributed by atoms with Crippen LogP contribution < -0.4 is 8.92 Å². The first-order valence-corrected chi connectivity index (χ1v) is 7.11. The molecule has 0 bridgehead atoms. The van der Waals surface area contributed by atoms with Crippen LogP contribution in [0.5, 0.6) is 11.5 Å². The van der Waals surface area contributed by atoms with E-state index in [-0.39, 0.29) is 0 Å². The first-order chi connectivity index (χ1) is 9.72. The maximum atomic E-state index is 5.07. The lowest BCUT2D eigenvalue weighted by Gasteiger charge is -2.00. The number of benzene rings is 2. The molecule has 2 aromatic rings. The number of hydrogen-bond acceptors (Lipinski definition) is 3. The van der Waals surface area contributed by atoms with Gasteiger partial charge in [-0.25, -0.2) is 0 Å². The maximum absolute atomic E-state index is 5.07. The van der Waals surface area contributed by atoms with Crippen molar-refractivity contribution in [3.05, 3.63) is 59.7 Å². The van der Waals surface area contributed by atoms with Crippen molar-refractivity contribution in [1.82, 2.24) is 0 Å². The molecule has 0 saturated heterocycles. The van der Waals surface area contributed by atoms with E-state index in [1.54, 1.807) is 7.11 Å². The molecular weight excluding hydrogens is 268 g/mol. The van der Waals surface area contributed by atoms with Crippen molar-refractivity contribution in [3.63, 3.8) is 0 Å². The predicted octanol–water partition coefficient (Wildman–Crippen LogP) is 4.79. The molecule has 2 nitrogen and oxygen atoms in total. The second kappa shape index (κ2) is 7.25. The lowest BCUT2D eigenvalue weighted by atomic mass is 10.1. The van der Waals surface area contributed by atoms with Crippen LogP contribution in [0.4, 0.5) is 0 Å². The van der Waals surface area contributed by atoms with E-state index >= 15 is 0 Å². The van der Waals surface area contributed by atoms with Gasteiger partial charge in [-0.15, -0.1) is 0 Å². The van der Waals surface area contributed by atoms with Crippen molar-refractivity contribution in [2.45, 2.75) is 25.7 Å². The lowest BCUT2D eigenvalue weighted by Crippen LogP contribution is -1.83. The Hall–Kier alpha value is -1.61. The summed E-state index contributed by atoms with van der Waals surface area (Å²) >= 11 is 3.64. The molecular formula is C17H20O2S. The van der Waals surface area contributed by atoms with Crippen molar-refractivity contribution < 1.29 is 8.92 Å². The van der Waals surface area contributed by atoms with Gasteiger partial charge >= 0.3 is 0 Å². The van der Waals surface area contributed by atoms with Gasteiger partial charge in [-0.3, -0.25) is 0 Å². The van der Waals surface area contributed by atoms with Crippen molar-refractivity contribution in [1.29, 1.82) is 0 Å². The standard InChI is InChI=1S/C10H12O.C7H8OS/c1-11-10-6-4-9(5-7-10)8-2-3-8;1-6-2-4-7(8-9)5-3-6/h4-8H,2-3H2,1H3;2-5,9H,1H3. The van der Waals surface area contributed by atoms with E-state index in [0.717, 1.165) is 17.4 Å². The average molecular weight is 288 g/mol. The fourth-order valence-corrected chi connectivity index (χ4v) is 2.01. The smallest absolute Gasteiger partial charge is 0.137 e. The van der Waals surface area contributed by atoms with Crippen molar-refractivity contribution in [2.75, 3.05) is 7.11 Å². The van der Waals surface area contributed by atoms with Gasteiger partial charge in [-0.05, 0) is 55.5 Å². The Bertz CT molecular complexity index is 516. The molecule has 0 atom stereocenters. The molecule has 20 heavy (non-hydrogen) atoms. The highest BCUT2D eigenvalue weighted by atomic mass is 32.1. The first kappa shape index (κ1) is 14.8. The Kier molecular flexibility index (Phi) is 5.36. The molecule has 0 unspecified atom stereocenters. The van der Waals surface area contributed by atoms with Gasteiger partial charge in [0.25, 0.3) is 0 Å². The average Bonchev–Trinajstić information content (AvgIpc) is 3.34. The summed E-state index contributed by atoms with van der Waals surface area (Å²) < 4.78 is 9.73. The number of methoxy groups -OCH3 is 1. The Morgan fingerprint density at radius 2 is 1.45 bits per heavy atom. The van der Waals surface area contributed by atoms with Gasteiger partial charge in [0, 0.05) is 12.9 Å². The molecule has 3 heteroatoms. The lowest BCUT2D eigenvalue weighted by molar-refractivity contribution is 0.414. The zero-order chi connectivity index (χ0) is 14.4. The quantitative estimate of drug-likeness (QED) is 0.646. The monoisotopic (exact) mass is 288 g/mol. The van der Waals surface area contributed by atoms with Gasteiger partial charge in [0.05, 0.1) is 7.11 Å². The molecule has 0 radical (unpaired) electrons. The van der Waals surface area contributed by atoms with Crippen LogP contribution in [-0.2, 0) is 0 Å². The van der Waals surface area contributed by atoms with Crippen LogP contribution in [0, 0.1) is 6.92 Å². The van der Waals surface area contributed by atoms with Gasteiger partial charge in [0.1, 0.15) is 11.5 Å². The van der Waals surface area contributed by atoms with Gasteiger partial charge in [0.15, 0.2) is 0 Å². The third-order valence-electron chi connectivity index (χ3n) is 3.29. The van der Waals surface area contributed by atoms with E-state index < -0.39 is 0 Å². The first-order valence-electron chi connectivity index (χ1n) is 6.75. The Balaban J connectivity index is 0.000000151. The minimum atomic E-state index is 0.781. The third-order valence-corrected chi connectivity index (χ3v) is 3.50. The zero-order valence-electron chi connectivity index (χ0n) is 11.9. The molecule has 0 aromatic heterocycles. The summed E-state index contributed by atoms with van der Waals surface area (Å²) in [5, 5.41) is 0. The van der Waals surface area contributed by atoms with Crippen molar-refractivity contribution >= 4 is 12.9 Å². The molecule has 106 valence electrons. The van der Waals surface area contributed by atoms with Crippen LogP contribution >= 0.6 is 12.9 Å². The normalized spacial score (nSPS) is 13.2. The molecule has 1 aliphatic rings. The SMILES string of the molecule is COc1ccc(C2CC2)cc1.Cc1ccc(OS)cc1. The van der Waals surface area contributed by atoms with E-state index in [0.29, 0.717) is 0 Å². The summed E-state index contributed by atoms with van der Waals surface area (Å²) in [6.45, 7) is 2.03. The minimum absolute atomic E-state index is 0.781. The van der Waals surface area contributed by atoms with Gasteiger partial charge < -0.3 is 8.92 Å². The molecule has 0 amide bonds. The van der Waals surface area contributed by atoms with E-state index in [9.17, 15) is 0 Å². The predicted molar refractivity (Wildman–Crippen MR) is 85.8 cm³/mol. The van der Waals surface area contributed by atoms with Crippen LogP contribution in [0.3, 0.4) is 0 Å². The molecule has 3 rings (SSSR count). The minimum Gasteiger partial charge on any atom is -0.497 e. The number of hydrogen-bond donors (Lipinski definition) is 1. The number of ether oxygens (including phenoxy) is 1. The van der Waals surface area contributed by atoms with Gasteiger partial charge in [-0.2, -0.15) is 0 Å². The number of aryl methyl sites for hydroxylation is 1. The van der Waals surface area contributed by atoms with Crippen LogP contribution in [0.15, 0.2) is 48.5 Å². The highest BCUT2D eigenvalue weighted by Crippen LogP contribution is 2.40. The van der Waals surface area contributed by atoms with Crippen molar-refractivity contribution in [2.24, 2.45) is 0 Å². The summed E-state index contributed by atoms with van der Waals surface area (Å²) in [5.41, 5.74) is 2.69. The molecule has 0 heterocycles. The Morgan fingerprint density at radius 3 is 1.90 bits per heavy atom. The summed E-state index contributed by atoms with van der Waals surface area (Å²) in [7, 11) is 1.70. The second-order valence-electron chi connectivity index (χ2n) is 4.95. The van der Waals surface area contributed by atoms with Gasteiger partial charge in [0.2, 0.25) is 0 Å². The van der Waals surface area contributed by atoms with Crippen LogP contribution in [0.2, 0.25) is 0 Å². The Morgan fingerprint density at radius 1 is 0.900 bits per heavy atom. The molecule has 1 saturated carbocycles. The molecule has 0 aliphatic heterocycles. The van der Waals surface area contributed by atoms with E-state index in [1.165, 1.54) is 24.0 Å². The molecule has 1 fully saturated rings. The van der Waals surface area contributed by atoms with E-state index in [2.05, 4.69) is 29.2 Å². The van der Waals surface area contributed by atoms with Crippen LogP contribution in [0.25, 0.3) is 0 Å².